The number of benzene rings is 8. The van der Waals surface area contributed by atoms with Crippen molar-refractivity contribution in [3.8, 4) is 23.3 Å². The van der Waals surface area contributed by atoms with Crippen LogP contribution in [0, 0.1) is 41.5 Å². The van der Waals surface area contributed by atoms with E-state index < -0.39 is 6.71 Å². The van der Waals surface area contributed by atoms with Gasteiger partial charge in [0.2, 0.25) is 11.9 Å². The molecule has 0 aliphatic heterocycles. The zero-order valence-electron chi connectivity index (χ0n) is 43.3. The second-order valence-electron chi connectivity index (χ2n) is 20.7. The van der Waals surface area contributed by atoms with Gasteiger partial charge in [-0.3, -0.25) is 9.13 Å². The van der Waals surface area contributed by atoms with E-state index in [4.69, 9.17) is 15.0 Å². The fourth-order valence-corrected chi connectivity index (χ4v) is 13.2. The number of hydrogen-bond acceptors (Lipinski definition) is 7. The fraction of sp³-hybridized carbons (Fsp3) is 0.0923. The topological polar surface area (TPSA) is 110 Å². The molecule has 0 amide bonds. The molecule has 15 rings (SSSR count). The Morgan fingerprint density at radius 1 is 0.325 bits per heavy atom. The van der Waals surface area contributed by atoms with Crippen molar-refractivity contribution in [1.29, 1.82) is 0 Å². The van der Waals surface area contributed by atoms with E-state index in [2.05, 4.69) is 225 Å². The van der Waals surface area contributed by atoms with Crippen LogP contribution < -0.4 is 16.6 Å². The van der Waals surface area contributed by atoms with E-state index in [1.807, 2.05) is 24.8 Å². The number of hydrogen-bond donors (Lipinski definition) is 0. The van der Waals surface area contributed by atoms with E-state index >= 15 is 0 Å². The second-order valence-corrected chi connectivity index (χ2v) is 20.7. The first kappa shape index (κ1) is 44.7. The molecule has 0 saturated heterocycles. The van der Waals surface area contributed by atoms with E-state index in [0.29, 0.717) is 17.6 Å². The van der Waals surface area contributed by atoms with Crippen molar-refractivity contribution in [2.45, 2.75) is 41.5 Å². The number of para-hydroxylation sites is 4. The van der Waals surface area contributed by atoms with Gasteiger partial charge in [0.15, 0.2) is 0 Å². The lowest BCUT2D eigenvalue weighted by Gasteiger charge is -2.24. The van der Waals surface area contributed by atoms with E-state index in [0.717, 1.165) is 98.6 Å². The Hall–Kier alpha value is -9.81. The standard InChI is InChI=1S/C65H48BN11/c1-37-27-39(3)57(40(4)28-37)66(58-41(5)29-38(2)30-42(58)6)63-71-64(76-55-21-13-9-17-47(55)51-25-23-49-45-15-7-11-19-53(45)74(59(49)61(51)76)43-31-67-35-68-32-43)73-65(72-63)77-56-22-14-10-18-48(56)52-26-24-50-46-16-8-12-20-54(46)75(60(50)62(52)77)44-33-69-36-70-34-44/h7-36H,1-6H3. The molecule has 0 spiro atoms. The van der Waals surface area contributed by atoms with E-state index in [1.165, 1.54) is 44.3 Å². The van der Waals surface area contributed by atoms with Gasteiger partial charge in [0.25, 0.3) is 6.71 Å². The molecule has 0 atom stereocenters. The van der Waals surface area contributed by atoms with Gasteiger partial charge >= 0.3 is 0 Å². The normalized spacial score (nSPS) is 12.0. The number of nitrogens with zero attached hydrogens (tertiary/aromatic N) is 11. The minimum absolute atomic E-state index is 0.390. The Morgan fingerprint density at radius 3 is 0.961 bits per heavy atom. The van der Waals surface area contributed by atoms with E-state index in [9.17, 15) is 0 Å². The minimum atomic E-state index is -0.390. The average molecular weight is 994 g/mol. The summed E-state index contributed by atoms with van der Waals surface area (Å²) in [5.74, 6) is 0.990. The molecular formula is C65H48BN11. The predicted octanol–water partition coefficient (Wildman–Crippen LogP) is 12.2. The Labute approximate surface area is 442 Å². The van der Waals surface area contributed by atoms with Gasteiger partial charge in [0, 0.05) is 43.1 Å². The summed E-state index contributed by atoms with van der Waals surface area (Å²) in [6.07, 6.45) is 10.7. The van der Waals surface area contributed by atoms with Crippen LogP contribution in [0.4, 0.5) is 0 Å². The molecule has 15 aromatic rings. The van der Waals surface area contributed by atoms with Crippen molar-refractivity contribution >= 4 is 111 Å². The first-order valence-corrected chi connectivity index (χ1v) is 26.1. The molecule has 7 heterocycles. The van der Waals surface area contributed by atoms with Crippen molar-refractivity contribution in [1.82, 2.24) is 53.2 Å². The monoisotopic (exact) mass is 993 g/mol. The van der Waals surface area contributed by atoms with Crippen LogP contribution >= 0.6 is 0 Å². The third-order valence-corrected chi connectivity index (χ3v) is 15.9. The molecule has 0 saturated carbocycles. The molecular weight excluding hydrogens is 946 g/mol. The number of fused-ring (bicyclic) bond motifs is 14. The predicted molar refractivity (Wildman–Crippen MR) is 314 cm³/mol. The van der Waals surface area contributed by atoms with Crippen molar-refractivity contribution in [2.75, 3.05) is 0 Å². The lowest BCUT2D eigenvalue weighted by atomic mass is 9.37. The molecule has 12 heteroatoms. The molecule has 8 aromatic carbocycles. The fourth-order valence-electron chi connectivity index (χ4n) is 13.2. The molecule has 0 fully saturated rings. The van der Waals surface area contributed by atoms with Gasteiger partial charge in [-0.1, -0.05) is 166 Å². The van der Waals surface area contributed by atoms with Crippen molar-refractivity contribution in [2.24, 2.45) is 0 Å². The molecule has 0 N–H and O–H groups in total. The minimum Gasteiger partial charge on any atom is -0.304 e. The maximum atomic E-state index is 5.91. The average Bonchev–Trinajstić information content (AvgIpc) is 4.39. The number of rotatable bonds is 7. The van der Waals surface area contributed by atoms with Crippen LogP contribution in [0.15, 0.2) is 183 Å². The molecule has 0 aliphatic rings. The third kappa shape index (κ3) is 6.54. The number of aromatic nitrogens is 11. The Balaban J connectivity index is 1.16. The Bertz CT molecular complexity index is 4600. The van der Waals surface area contributed by atoms with Crippen molar-refractivity contribution in [3.05, 3.63) is 216 Å². The summed E-state index contributed by atoms with van der Waals surface area (Å²) >= 11 is 0. The van der Waals surface area contributed by atoms with Gasteiger partial charge in [-0.25, -0.2) is 29.9 Å². The smallest absolute Gasteiger partial charge is 0.291 e. The quantitative estimate of drug-likeness (QED) is 0.146. The summed E-state index contributed by atoms with van der Waals surface area (Å²) in [5.41, 5.74) is 19.8. The highest BCUT2D eigenvalue weighted by molar-refractivity contribution is 6.95. The molecule has 77 heavy (non-hydrogen) atoms. The Kier molecular flexibility index (Phi) is 9.78. The van der Waals surface area contributed by atoms with Gasteiger partial charge in [-0.2, -0.15) is 4.98 Å². The van der Waals surface area contributed by atoms with Crippen LogP contribution in [-0.2, 0) is 0 Å². The van der Waals surface area contributed by atoms with Gasteiger partial charge in [-0.15, -0.1) is 0 Å². The summed E-state index contributed by atoms with van der Waals surface area (Å²) in [4.78, 5) is 35.9. The molecule has 0 aliphatic carbocycles. The molecule has 11 nitrogen and oxygen atoms in total. The van der Waals surface area contributed by atoms with Gasteiger partial charge in [0.05, 0.1) is 80.3 Å². The molecule has 0 radical (unpaired) electrons. The summed E-state index contributed by atoms with van der Waals surface area (Å²) < 4.78 is 9.15. The van der Waals surface area contributed by atoms with Crippen molar-refractivity contribution < 1.29 is 0 Å². The van der Waals surface area contributed by atoms with Crippen molar-refractivity contribution in [3.63, 3.8) is 0 Å². The summed E-state index contributed by atoms with van der Waals surface area (Å²) in [6, 6.07) is 52.6. The van der Waals surface area contributed by atoms with Gasteiger partial charge in [-0.05, 0) is 65.8 Å². The summed E-state index contributed by atoms with van der Waals surface area (Å²) in [5, 5.41) is 8.71. The lowest BCUT2D eigenvalue weighted by molar-refractivity contribution is 0.904. The zero-order valence-corrected chi connectivity index (χ0v) is 43.3. The summed E-state index contributed by atoms with van der Waals surface area (Å²) in [7, 11) is 0. The Morgan fingerprint density at radius 2 is 0.623 bits per heavy atom. The van der Waals surface area contributed by atoms with Crippen LogP contribution in [0.25, 0.3) is 110 Å². The molecule has 0 unspecified atom stereocenters. The van der Waals surface area contributed by atoms with Crippen LogP contribution in [0.1, 0.15) is 33.4 Å². The van der Waals surface area contributed by atoms with E-state index in [-0.39, 0.29) is 0 Å². The maximum absolute atomic E-state index is 5.91. The summed E-state index contributed by atoms with van der Waals surface area (Å²) in [6.45, 7) is 12.9. The van der Waals surface area contributed by atoms with Crippen LogP contribution in [0.3, 0.4) is 0 Å². The maximum Gasteiger partial charge on any atom is 0.291 e. The highest BCUT2D eigenvalue weighted by Crippen LogP contribution is 2.43. The molecule has 7 aromatic heterocycles. The lowest BCUT2D eigenvalue weighted by Crippen LogP contribution is -2.58. The second kappa shape index (κ2) is 16.9. The van der Waals surface area contributed by atoms with Crippen LogP contribution in [0.2, 0.25) is 0 Å². The van der Waals surface area contributed by atoms with E-state index in [1.54, 1.807) is 12.7 Å². The van der Waals surface area contributed by atoms with Gasteiger partial charge < -0.3 is 9.13 Å². The highest BCUT2D eigenvalue weighted by Gasteiger charge is 2.34. The zero-order chi connectivity index (χ0) is 51.8. The van der Waals surface area contributed by atoms with Crippen LogP contribution in [0.5, 0.6) is 0 Å². The first-order valence-electron chi connectivity index (χ1n) is 26.1. The molecule has 0 bridgehead atoms. The van der Waals surface area contributed by atoms with Crippen LogP contribution in [-0.4, -0.2) is 59.9 Å². The highest BCUT2D eigenvalue weighted by atomic mass is 15.3. The molecule has 366 valence electrons. The third-order valence-electron chi connectivity index (χ3n) is 15.9. The first-order chi connectivity index (χ1) is 37.7. The largest absolute Gasteiger partial charge is 0.304 e. The number of aryl methyl sites for hydroxylation is 6. The SMILES string of the molecule is Cc1cc(C)c(B(c2nc(-n3c4ccccc4c4ccc5c6ccccc6n(-c6cncnc6)c5c43)nc(-n3c4ccccc4c4ccc5c6ccccc6n(-c6cncnc6)c5c43)n2)c2c(C)cc(C)cc2C)c(C)c1. The van der Waals surface area contributed by atoms with Gasteiger partial charge in [0.1, 0.15) is 18.4 Å².